The molecule has 1 saturated carbocycles. The SMILES string of the molecule is COc1c(C)cccc1CN1C[C@H]2CCC[C@H](C1)C2(O)c1ccc(C)cn1. The van der Waals surface area contributed by atoms with E-state index < -0.39 is 5.60 Å². The number of aromatic nitrogens is 1. The van der Waals surface area contributed by atoms with Gasteiger partial charge in [-0.3, -0.25) is 9.88 Å². The monoisotopic (exact) mass is 366 g/mol. The molecule has 0 amide bonds. The Morgan fingerprint density at radius 3 is 2.52 bits per heavy atom. The summed E-state index contributed by atoms with van der Waals surface area (Å²) in [6, 6.07) is 10.4. The van der Waals surface area contributed by atoms with Crippen LogP contribution in [0.4, 0.5) is 0 Å². The Morgan fingerprint density at radius 1 is 1.15 bits per heavy atom. The lowest BCUT2D eigenvalue weighted by Gasteiger charge is -2.52. The van der Waals surface area contributed by atoms with Crippen molar-refractivity contribution in [2.24, 2.45) is 11.8 Å². The lowest BCUT2D eigenvalue weighted by molar-refractivity contribution is -0.151. The van der Waals surface area contributed by atoms with Crippen molar-refractivity contribution in [3.63, 3.8) is 0 Å². The maximum absolute atomic E-state index is 11.7. The summed E-state index contributed by atoms with van der Waals surface area (Å²) in [6.45, 7) is 6.81. The number of piperidine rings is 1. The third-order valence-electron chi connectivity index (χ3n) is 6.52. The summed E-state index contributed by atoms with van der Waals surface area (Å²) in [4.78, 5) is 7.11. The molecule has 2 aliphatic rings. The highest BCUT2D eigenvalue weighted by atomic mass is 16.5. The quantitative estimate of drug-likeness (QED) is 0.893. The van der Waals surface area contributed by atoms with Crippen molar-refractivity contribution in [3.8, 4) is 5.75 Å². The Morgan fingerprint density at radius 2 is 1.89 bits per heavy atom. The predicted molar refractivity (Wildman–Crippen MR) is 107 cm³/mol. The summed E-state index contributed by atoms with van der Waals surface area (Å²) in [5, 5.41) is 11.7. The van der Waals surface area contributed by atoms with Crippen molar-refractivity contribution in [2.45, 2.75) is 45.3 Å². The second-order valence-electron chi connectivity index (χ2n) is 8.33. The van der Waals surface area contributed by atoms with Crippen LogP contribution < -0.4 is 4.74 Å². The Kier molecular flexibility index (Phi) is 4.95. The van der Waals surface area contributed by atoms with Gasteiger partial charge in [0.15, 0.2) is 0 Å². The maximum Gasteiger partial charge on any atom is 0.126 e. The summed E-state index contributed by atoms with van der Waals surface area (Å²) in [5.74, 6) is 1.45. The Bertz CT molecular complexity index is 789. The second kappa shape index (κ2) is 7.25. The molecule has 2 aromatic rings. The number of benzene rings is 1. The van der Waals surface area contributed by atoms with Gasteiger partial charge in [-0.15, -0.1) is 0 Å². The van der Waals surface area contributed by atoms with Gasteiger partial charge in [0, 0.05) is 43.2 Å². The second-order valence-corrected chi connectivity index (χ2v) is 8.33. The molecule has 2 atom stereocenters. The number of fused-ring (bicyclic) bond motifs is 2. The van der Waals surface area contributed by atoms with E-state index in [-0.39, 0.29) is 11.8 Å². The standard InChI is InChI=1S/C23H30N2O2/c1-16-10-11-21(24-12-16)23(26)19-8-5-9-20(23)15-25(14-19)13-18-7-4-6-17(2)22(18)27-3/h4,6-7,10-12,19-20,26H,5,8-9,13-15H2,1-3H3/t19-,20-/m1/s1. The van der Waals surface area contributed by atoms with Gasteiger partial charge in [-0.25, -0.2) is 0 Å². The van der Waals surface area contributed by atoms with Crippen LogP contribution in [0, 0.1) is 25.7 Å². The number of aliphatic hydroxyl groups is 1. The molecule has 4 nitrogen and oxygen atoms in total. The fraction of sp³-hybridized carbons (Fsp3) is 0.522. The van der Waals surface area contributed by atoms with Gasteiger partial charge in [-0.1, -0.05) is 30.7 Å². The number of methoxy groups -OCH3 is 1. The Balaban J connectivity index is 1.58. The molecule has 2 heterocycles. The van der Waals surface area contributed by atoms with E-state index in [9.17, 15) is 5.11 Å². The van der Waals surface area contributed by atoms with E-state index in [0.29, 0.717) is 0 Å². The largest absolute Gasteiger partial charge is 0.496 e. The highest BCUT2D eigenvalue weighted by molar-refractivity contribution is 5.40. The van der Waals surface area contributed by atoms with Gasteiger partial charge in [-0.2, -0.15) is 0 Å². The van der Waals surface area contributed by atoms with E-state index in [1.807, 2.05) is 19.2 Å². The number of para-hydroxylation sites is 1. The van der Waals surface area contributed by atoms with Gasteiger partial charge in [0.25, 0.3) is 0 Å². The molecule has 1 aliphatic heterocycles. The Labute approximate surface area is 162 Å². The molecule has 0 unspecified atom stereocenters. The minimum Gasteiger partial charge on any atom is -0.496 e. The summed E-state index contributed by atoms with van der Waals surface area (Å²) >= 11 is 0. The highest BCUT2D eigenvalue weighted by Gasteiger charge is 2.52. The number of likely N-dealkylation sites (tertiary alicyclic amines) is 1. The van der Waals surface area contributed by atoms with Crippen molar-refractivity contribution < 1.29 is 9.84 Å². The third kappa shape index (κ3) is 3.26. The first-order valence-electron chi connectivity index (χ1n) is 10.0. The van der Waals surface area contributed by atoms with E-state index in [1.54, 1.807) is 7.11 Å². The van der Waals surface area contributed by atoms with E-state index in [1.165, 1.54) is 17.5 Å². The number of rotatable bonds is 4. The normalized spacial score (nSPS) is 28.1. The first-order chi connectivity index (χ1) is 13.0. The van der Waals surface area contributed by atoms with Crippen LogP contribution in [0.5, 0.6) is 5.75 Å². The zero-order valence-corrected chi connectivity index (χ0v) is 16.6. The number of pyridine rings is 1. The number of hydrogen-bond acceptors (Lipinski definition) is 4. The van der Waals surface area contributed by atoms with Gasteiger partial charge >= 0.3 is 0 Å². The molecule has 2 fully saturated rings. The predicted octanol–water partition coefficient (Wildman–Crippen LogP) is 3.83. The van der Waals surface area contributed by atoms with E-state index >= 15 is 0 Å². The molecular formula is C23H30N2O2. The molecule has 2 bridgehead atoms. The molecule has 4 heteroatoms. The van der Waals surface area contributed by atoms with E-state index in [0.717, 1.165) is 49.5 Å². The van der Waals surface area contributed by atoms with Crippen LogP contribution in [0.1, 0.15) is 41.6 Å². The van der Waals surface area contributed by atoms with E-state index in [4.69, 9.17) is 4.74 Å². The van der Waals surface area contributed by atoms with Crippen molar-refractivity contribution in [3.05, 3.63) is 58.9 Å². The highest BCUT2D eigenvalue weighted by Crippen LogP contribution is 2.49. The van der Waals surface area contributed by atoms with Crippen LogP contribution >= 0.6 is 0 Å². The van der Waals surface area contributed by atoms with Crippen LogP contribution in [0.25, 0.3) is 0 Å². The van der Waals surface area contributed by atoms with Gasteiger partial charge in [0.1, 0.15) is 11.4 Å². The average Bonchev–Trinajstić information content (AvgIpc) is 2.63. The van der Waals surface area contributed by atoms with Crippen molar-refractivity contribution in [2.75, 3.05) is 20.2 Å². The molecule has 1 aromatic heterocycles. The third-order valence-corrected chi connectivity index (χ3v) is 6.52. The molecule has 1 aliphatic carbocycles. The van der Waals surface area contributed by atoms with Crippen molar-refractivity contribution in [1.29, 1.82) is 0 Å². The molecule has 1 N–H and O–H groups in total. The molecule has 27 heavy (non-hydrogen) atoms. The first-order valence-corrected chi connectivity index (χ1v) is 10.0. The molecule has 0 spiro atoms. The first kappa shape index (κ1) is 18.5. The van der Waals surface area contributed by atoms with Crippen LogP contribution in [0.3, 0.4) is 0 Å². The lowest BCUT2D eigenvalue weighted by atomic mass is 9.64. The number of hydrogen-bond donors (Lipinski definition) is 1. The summed E-state index contributed by atoms with van der Waals surface area (Å²) in [6.07, 6.45) is 5.20. The van der Waals surface area contributed by atoms with Crippen molar-refractivity contribution in [1.82, 2.24) is 9.88 Å². The average molecular weight is 367 g/mol. The number of nitrogens with zero attached hydrogens (tertiary/aromatic N) is 2. The minimum atomic E-state index is -0.793. The zero-order valence-electron chi connectivity index (χ0n) is 16.6. The molecular weight excluding hydrogens is 336 g/mol. The van der Waals surface area contributed by atoms with Gasteiger partial charge in [-0.05, 0) is 43.9 Å². The molecule has 1 aromatic carbocycles. The molecule has 4 rings (SSSR count). The smallest absolute Gasteiger partial charge is 0.126 e. The molecule has 1 saturated heterocycles. The van der Waals surface area contributed by atoms with Crippen molar-refractivity contribution >= 4 is 0 Å². The zero-order chi connectivity index (χ0) is 19.0. The van der Waals surface area contributed by atoms with Crippen LogP contribution in [0.15, 0.2) is 36.5 Å². The molecule has 0 radical (unpaired) electrons. The fourth-order valence-electron chi connectivity index (χ4n) is 5.17. The van der Waals surface area contributed by atoms with Crippen LogP contribution in [-0.2, 0) is 12.1 Å². The van der Waals surface area contributed by atoms with Gasteiger partial charge < -0.3 is 9.84 Å². The van der Waals surface area contributed by atoms with Crippen LogP contribution in [-0.4, -0.2) is 35.2 Å². The maximum atomic E-state index is 11.7. The number of aryl methyl sites for hydroxylation is 2. The van der Waals surface area contributed by atoms with E-state index in [2.05, 4.69) is 41.1 Å². The Hall–Kier alpha value is -1.91. The van der Waals surface area contributed by atoms with Crippen LogP contribution in [0.2, 0.25) is 0 Å². The van der Waals surface area contributed by atoms with Gasteiger partial charge in [0.05, 0.1) is 12.8 Å². The lowest BCUT2D eigenvalue weighted by Crippen LogP contribution is -2.58. The topological polar surface area (TPSA) is 45.6 Å². The minimum absolute atomic E-state index is 0.232. The summed E-state index contributed by atoms with van der Waals surface area (Å²) < 4.78 is 5.65. The molecule has 144 valence electrons. The fourth-order valence-corrected chi connectivity index (χ4v) is 5.17. The summed E-state index contributed by atoms with van der Waals surface area (Å²) in [5.41, 5.74) is 3.60. The summed E-state index contributed by atoms with van der Waals surface area (Å²) in [7, 11) is 1.75. The van der Waals surface area contributed by atoms with Gasteiger partial charge in [0.2, 0.25) is 0 Å². The number of ether oxygens (including phenoxy) is 1.